The van der Waals surface area contributed by atoms with Gasteiger partial charge in [-0.1, -0.05) is 13.8 Å². The standard InChI is InChI=1S/C14H32N4O2S.ClH/c1-5-7-17(8-6-2)21(19,20)18-11-9-16(10-12-18)13-14(3,4)15;/h5-13,15H2,1-4H3;1H. The predicted molar refractivity (Wildman–Crippen MR) is 94.6 cm³/mol. The van der Waals surface area contributed by atoms with Gasteiger partial charge in [0.15, 0.2) is 0 Å². The lowest BCUT2D eigenvalue weighted by Gasteiger charge is -2.38. The lowest BCUT2D eigenvalue weighted by Crippen LogP contribution is -2.56. The van der Waals surface area contributed by atoms with Crippen LogP contribution in [0.2, 0.25) is 0 Å². The Labute approximate surface area is 142 Å². The van der Waals surface area contributed by atoms with Crippen LogP contribution in [0.5, 0.6) is 0 Å². The predicted octanol–water partition coefficient (Wildman–Crippen LogP) is 1.13. The molecule has 1 rings (SSSR count). The van der Waals surface area contributed by atoms with Crippen molar-refractivity contribution in [2.45, 2.75) is 46.1 Å². The van der Waals surface area contributed by atoms with E-state index in [1.165, 1.54) is 0 Å². The van der Waals surface area contributed by atoms with Crippen molar-refractivity contribution in [2.24, 2.45) is 5.73 Å². The average Bonchev–Trinajstić information content (AvgIpc) is 2.37. The van der Waals surface area contributed by atoms with Crippen LogP contribution in [0.4, 0.5) is 0 Å². The van der Waals surface area contributed by atoms with Crippen LogP contribution in [0.25, 0.3) is 0 Å². The zero-order valence-corrected chi connectivity index (χ0v) is 16.0. The fourth-order valence-corrected chi connectivity index (χ4v) is 4.48. The zero-order valence-electron chi connectivity index (χ0n) is 14.4. The van der Waals surface area contributed by atoms with E-state index in [9.17, 15) is 8.42 Å². The van der Waals surface area contributed by atoms with E-state index in [0.29, 0.717) is 26.2 Å². The minimum atomic E-state index is -3.31. The summed E-state index contributed by atoms with van der Waals surface area (Å²) >= 11 is 0. The molecule has 1 aliphatic heterocycles. The van der Waals surface area contributed by atoms with Crippen LogP contribution < -0.4 is 5.73 Å². The lowest BCUT2D eigenvalue weighted by atomic mass is 10.1. The van der Waals surface area contributed by atoms with Gasteiger partial charge in [-0.25, -0.2) is 0 Å². The molecule has 1 saturated heterocycles. The van der Waals surface area contributed by atoms with Gasteiger partial charge in [-0.15, -0.1) is 12.4 Å². The Balaban J connectivity index is 0.00000441. The highest BCUT2D eigenvalue weighted by Crippen LogP contribution is 2.14. The molecular formula is C14H33ClN4O2S. The number of piperazine rings is 1. The Morgan fingerprint density at radius 2 is 1.50 bits per heavy atom. The number of nitrogens with zero attached hydrogens (tertiary/aromatic N) is 3. The van der Waals surface area contributed by atoms with Crippen LogP contribution in [0.3, 0.4) is 0 Å². The van der Waals surface area contributed by atoms with Crippen molar-refractivity contribution in [1.29, 1.82) is 0 Å². The SMILES string of the molecule is CCCN(CCC)S(=O)(=O)N1CCN(CC(C)(C)N)CC1.Cl. The van der Waals surface area contributed by atoms with Crippen molar-refractivity contribution in [1.82, 2.24) is 13.5 Å². The molecule has 8 heteroatoms. The van der Waals surface area contributed by atoms with Crippen LogP contribution in [-0.4, -0.2) is 73.3 Å². The molecule has 0 unspecified atom stereocenters. The molecule has 0 aromatic heterocycles. The van der Waals surface area contributed by atoms with E-state index in [2.05, 4.69) is 4.90 Å². The molecule has 0 aliphatic carbocycles. The minimum Gasteiger partial charge on any atom is -0.324 e. The highest BCUT2D eigenvalue weighted by molar-refractivity contribution is 7.86. The van der Waals surface area contributed by atoms with E-state index in [0.717, 1.165) is 32.5 Å². The summed E-state index contributed by atoms with van der Waals surface area (Å²) in [5, 5.41) is 0. The number of halogens is 1. The molecule has 2 N–H and O–H groups in total. The summed E-state index contributed by atoms with van der Waals surface area (Å²) in [4.78, 5) is 2.25. The van der Waals surface area contributed by atoms with E-state index in [1.54, 1.807) is 8.61 Å². The second kappa shape index (κ2) is 9.39. The van der Waals surface area contributed by atoms with Gasteiger partial charge >= 0.3 is 0 Å². The first-order valence-corrected chi connectivity index (χ1v) is 9.37. The molecule has 0 radical (unpaired) electrons. The number of hydrogen-bond acceptors (Lipinski definition) is 4. The summed E-state index contributed by atoms with van der Waals surface area (Å²) in [7, 11) is -3.31. The maximum atomic E-state index is 12.7. The van der Waals surface area contributed by atoms with Crippen molar-refractivity contribution in [3.63, 3.8) is 0 Å². The molecular weight excluding hydrogens is 324 g/mol. The molecule has 1 heterocycles. The van der Waals surface area contributed by atoms with Crippen LogP contribution in [0.15, 0.2) is 0 Å². The summed E-state index contributed by atoms with van der Waals surface area (Å²) < 4.78 is 28.6. The number of nitrogens with two attached hydrogens (primary N) is 1. The van der Waals surface area contributed by atoms with Gasteiger partial charge in [0.05, 0.1) is 0 Å². The van der Waals surface area contributed by atoms with Crippen molar-refractivity contribution >= 4 is 22.6 Å². The molecule has 0 aromatic carbocycles. The fraction of sp³-hybridized carbons (Fsp3) is 1.00. The lowest BCUT2D eigenvalue weighted by molar-refractivity contribution is 0.157. The van der Waals surface area contributed by atoms with Crippen molar-refractivity contribution < 1.29 is 8.42 Å². The van der Waals surface area contributed by atoms with Gasteiger partial charge in [-0.05, 0) is 26.7 Å². The molecule has 22 heavy (non-hydrogen) atoms. The first-order valence-electron chi connectivity index (χ1n) is 7.97. The van der Waals surface area contributed by atoms with Gasteiger partial charge in [0.25, 0.3) is 10.2 Å². The summed E-state index contributed by atoms with van der Waals surface area (Å²) in [6, 6.07) is 0. The maximum absolute atomic E-state index is 12.7. The molecule has 1 aliphatic rings. The van der Waals surface area contributed by atoms with Crippen molar-refractivity contribution in [3.05, 3.63) is 0 Å². The molecule has 134 valence electrons. The topological polar surface area (TPSA) is 69.9 Å². The Hall–Kier alpha value is 0.0800. The monoisotopic (exact) mass is 356 g/mol. The van der Waals surface area contributed by atoms with Crippen molar-refractivity contribution in [2.75, 3.05) is 45.8 Å². The van der Waals surface area contributed by atoms with E-state index in [-0.39, 0.29) is 17.9 Å². The van der Waals surface area contributed by atoms with Crippen LogP contribution in [-0.2, 0) is 10.2 Å². The third-order valence-corrected chi connectivity index (χ3v) is 5.60. The van der Waals surface area contributed by atoms with Crippen LogP contribution in [0.1, 0.15) is 40.5 Å². The van der Waals surface area contributed by atoms with Gasteiger partial charge in [0, 0.05) is 51.4 Å². The Bertz CT molecular complexity index is 398. The molecule has 0 aromatic rings. The zero-order chi connectivity index (χ0) is 16.1. The fourth-order valence-electron chi connectivity index (χ4n) is 2.70. The minimum absolute atomic E-state index is 0. The van der Waals surface area contributed by atoms with Gasteiger partial charge in [0.1, 0.15) is 0 Å². The molecule has 6 nitrogen and oxygen atoms in total. The molecule has 0 saturated carbocycles. The van der Waals surface area contributed by atoms with Gasteiger partial charge in [0.2, 0.25) is 0 Å². The van der Waals surface area contributed by atoms with Gasteiger partial charge in [-0.3, -0.25) is 4.90 Å². The largest absolute Gasteiger partial charge is 0.324 e. The molecule has 0 amide bonds. The average molecular weight is 357 g/mol. The second-order valence-corrected chi connectivity index (χ2v) is 8.50. The normalized spacial score (nSPS) is 18.5. The summed E-state index contributed by atoms with van der Waals surface area (Å²) in [5.41, 5.74) is 5.79. The highest BCUT2D eigenvalue weighted by atomic mass is 35.5. The van der Waals surface area contributed by atoms with Crippen LogP contribution >= 0.6 is 12.4 Å². The quantitative estimate of drug-likeness (QED) is 0.707. The summed E-state index contributed by atoms with van der Waals surface area (Å²) in [5.74, 6) is 0. The van der Waals surface area contributed by atoms with E-state index in [4.69, 9.17) is 5.73 Å². The number of hydrogen-bond donors (Lipinski definition) is 1. The summed E-state index contributed by atoms with van der Waals surface area (Å²) in [6.45, 7) is 12.7. The van der Waals surface area contributed by atoms with Crippen molar-refractivity contribution in [3.8, 4) is 0 Å². The third-order valence-electron chi connectivity index (χ3n) is 3.56. The Morgan fingerprint density at radius 3 is 1.86 bits per heavy atom. The van der Waals surface area contributed by atoms with Gasteiger partial charge in [-0.2, -0.15) is 17.0 Å². The molecule has 0 atom stereocenters. The molecule has 0 bridgehead atoms. The Morgan fingerprint density at radius 1 is 1.05 bits per heavy atom. The third kappa shape index (κ3) is 6.68. The smallest absolute Gasteiger partial charge is 0.282 e. The van der Waals surface area contributed by atoms with E-state index >= 15 is 0 Å². The Kier molecular flexibility index (Phi) is 9.43. The van der Waals surface area contributed by atoms with Gasteiger partial charge < -0.3 is 5.73 Å². The first-order chi connectivity index (χ1) is 9.70. The second-order valence-electron chi connectivity index (χ2n) is 6.57. The molecule has 0 spiro atoms. The van der Waals surface area contributed by atoms with E-state index < -0.39 is 10.2 Å². The van der Waals surface area contributed by atoms with Crippen LogP contribution in [0, 0.1) is 0 Å². The number of rotatable bonds is 8. The first kappa shape index (κ1) is 22.1. The van der Waals surface area contributed by atoms with E-state index in [1.807, 2.05) is 27.7 Å². The summed E-state index contributed by atoms with van der Waals surface area (Å²) in [6.07, 6.45) is 1.70. The highest BCUT2D eigenvalue weighted by Gasteiger charge is 2.32. The maximum Gasteiger partial charge on any atom is 0.282 e. The molecule has 1 fully saturated rings.